The zero-order valence-electron chi connectivity index (χ0n) is 11.5. The van der Waals surface area contributed by atoms with E-state index in [1.807, 2.05) is 13.0 Å². The summed E-state index contributed by atoms with van der Waals surface area (Å²) < 4.78 is 5.52. The number of ether oxygens (including phenoxy) is 1. The zero-order valence-corrected chi connectivity index (χ0v) is 11.5. The topological polar surface area (TPSA) is 62.1 Å². The van der Waals surface area contributed by atoms with E-state index in [4.69, 9.17) is 10.00 Å². The Morgan fingerprint density at radius 3 is 2.58 bits per heavy atom. The summed E-state index contributed by atoms with van der Waals surface area (Å²) in [6.45, 7) is 4.66. The van der Waals surface area contributed by atoms with Crippen molar-refractivity contribution >= 4 is 5.91 Å². The Kier molecular flexibility index (Phi) is 6.45. The Balaban J connectivity index is 2.56. The summed E-state index contributed by atoms with van der Waals surface area (Å²) in [4.78, 5) is 11.8. The molecule has 1 atom stereocenters. The van der Waals surface area contributed by atoms with E-state index in [9.17, 15) is 4.79 Å². The minimum atomic E-state index is -0.437. The van der Waals surface area contributed by atoms with Crippen molar-refractivity contribution in [3.05, 3.63) is 29.8 Å². The molecule has 0 spiro atoms. The van der Waals surface area contributed by atoms with Crippen molar-refractivity contribution in [1.82, 2.24) is 5.32 Å². The van der Waals surface area contributed by atoms with Gasteiger partial charge in [0.05, 0.1) is 12.7 Å². The van der Waals surface area contributed by atoms with Crippen LogP contribution in [0.25, 0.3) is 0 Å². The molecule has 0 aliphatic carbocycles. The van der Waals surface area contributed by atoms with Crippen LogP contribution < -0.4 is 10.1 Å². The third-order valence-electron chi connectivity index (χ3n) is 2.75. The molecule has 4 nitrogen and oxygen atoms in total. The van der Waals surface area contributed by atoms with Crippen LogP contribution in [0.5, 0.6) is 5.75 Å². The third kappa shape index (κ3) is 5.01. The second kappa shape index (κ2) is 8.15. The first-order valence-electron chi connectivity index (χ1n) is 6.64. The number of carbonyl (C=O) groups is 1. The highest BCUT2D eigenvalue weighted by molar-refractivity contribution is 5.94. The lowest BCUT2D eigenvalue weighted by Gasteiger charge is -2.10. The molecular formula is C15H20N2O2. The van der Waals surface area contributed by atoms with Gasteiger partial charge in [-0.1, -0.05) is 20.3 Å². The Bertz CT molecular complexity index is 434. The molecule has 0 saturated carbocycles. The van der Waals surface area contributed by atoms with Crippen LogP contribution in [0.2, 0.25) is 0 Å². The summed E-state index contributed by atoms with van der Waals surface area (Å²) in [5.41, 5.74) is 0.538. The predicted molar refractivity (Wildman–Crippen MR) is 74.0 cm³/mol. The second-order valence-corrected chi connectivity index (χ2v) is 4.29. The van der Waals surface area contributed by atoms with Crippen molar-refractivity contribution in [2.24, 2.45) is 0 Å². The number of hydrogen-bond donors (Lipinski definition) is 1. The molecule has 1 aromatic rings. The summed E-state index contributed by atoms with van der Waals surface area (Å²) in [6.07, 6.45) is 2.70. The first-order chi connectivity index (χ1) is 9.21. The molecule has 1 N–H and O–H groups in total. The molecular weight excluding hydrogens is 240 g/mol. The SMILES string of the molecule is CCCCOc1ccc(C(=O)NC(C#N)CC)cc1. The van der Waals surface area contributed by atoms with Crippen molar-refractivity contribution in [3.8, 4) is 11.8 Å². The second-order valence-electron chi connectivity index (χ2n) is 4.29. The van der Waals surface area contributed by atoms with E-state index < -0.39 is 6.04 Å². The number of benzene rings is 1. The molecule has 102 valence electrons. The molecule has 1 rings (SSSR count). The van der Waals surface area contributed by atoms with Gasteiger partial charge in [0.1, 0.15) is 11.8 Å². The molecule has 4 heteroatoms. The van der Waals surface area contributed by atoms with Crippen LogP contribution in [0, 0.1) is 11.3 Å². The van der Waals surface area contributed by atoms with Gasteiger partial charge in [-0.3, -0.25) is 4.79 Å². The summed E-state index contributed by atoms with van der Waals surface area (Å²) in [5, 5.41) is 11.5. The van der Waals surface area contributed by atoms with Gasteiger partial charge in [-0.2, -0.15) is 5.26 Å². The average Bonchev–Trinajstić information content (AvgIpc) is 2.45. The predicted octanol–water partition coefficient (Wildman–Crippen LogP) is 2.90. The number of rotatable bonds is 7. The van der Waals surface area contributed by atoms with Gasteiger partial charge in [0, 0.05) is 5.56 Å². The summed E-state index contributed by atoms with van der Waals surface area (Å²) in [5.74, 6) is 0.533. The van der Waals surface area contributed by atoms with Gasteiger partial charge >= 0.3 is 0 Å². The summed E-state index contributed by atoms with van der Waals surface area (Å²) >= 11 is 0. The number of unbranched alkanes of at least 4 members (excludes halogenated alkanes) is 1. The maximum Gasteiger partial charge on any atom is 0.252 e. The van der Waals surface area contributed by atoms with E-state index >= 15 is 0 Å². The Labute approximate surface area is 114 Å². The fraction of sp³-hybridized carbons (Fsp3) is 0.467. The first-order valence-corrected chi connectivity index (χ1v) is 6.64. The molecule has 0 fully saturated rings. The average molecular weight is 260 g/mol. The third-order valence-corrected chi connectivity index (χ3v) is 2.75. The fourth-order valence-corrected chi connectivity index (χ4v) is 1.50. The Hall–Kier alpha value is -2.02. The molecule has 0 saturated heterocycles. The van der Waals surface area contributed by atoms with Gasteiger partial charge < -0.3 is 10.1 Å². The van der Waals surface area contributed by atoms with Crippen molar-refractivity contribution in [2.75, 3.05) is 6.61 Å². The molecule has 19 heavy (non-hydrogen) atoms. The van der Waals surface area contributed by atoms with Crippen molar-refractivity contribution in [3.63, 3.8) is 0 Å². The minimum absolute atomic E-state index is 0.228. The van der Waals surface area contributed by atoms with Gasteiger partial charge in [-0.25, -0.2) is 0 Å². The van der Waals surface area contributed by atoms with E-state index in [-0.39, 0.29) is 5.91 Å². The lowest BCUT2D eigenvalue weighted by Crippen LogP contribution is -2.33. The maximum atomic E-state index is 11.8. The number of nitriles is 1. The first kappa shape index (κ1) is 15.0. The highest BCUT2D eigenvalue weighted by atomic mass is 16.5. The molecule has 0 aliphatic heterocycles. The Morgan fingerprint density at radius 1 is 1.37 bits per heavy atom. The van der Waals surface area contributed by atoms with E-state index in [2.05, 4.69) is 12.2 Å². The molecule has 0 bridgehead atoms. The molecule has 1 aromatic carbocycles. The lowest BCUT2D eigenvalue weighted by molar-refractivity contribution is 0.0944. The van der Waals surface area contributed by atoms with Crippen LogP contribution in [-0.2, 0) is 0 Å². The quantitative estimate of drug-likeness (QED) is 0.767. The van der Waals surface area contributed by atoms with Gasteiger partial charge in [-0.05, 0) is 37.1 Å². The van der Waals surface area contributed by atoms with Crippen molar-refractivity contribution in [1.29, 1.82) is 5.26 Å². The van der Waals surface area contributed by atoms with E-state index in [1.165, 1.54) is 0 Å². The van der Waals surface area contributed by atoms with Crippen molar-refractivity contribution < 1.29 is 9.53 Å². The van der Waals surface area contributed by atoms with Gasteiger partial charge in [0.15, 0.2) is 0 Å². The standard InChI is InChI=1S/C15H20N2O2/c1-3-5-10-19-14-8-6-12(7-9-14)15(18)17-13(4-2)11-16/h6-9,13H,3-5,10H2,1-2H3,(H,17,18). The summed E-state index contributed by atoms with van der Waals surface area (Å²) in [6, 6.07) is 8.57. The van der Waals surface area contributed by atoms with Gasteiger partial charge in [0.2, 0.25) is 0 Å². The molecule has 0 heterocycles. The number of nitrogens with zero attached hydrogens (tertiary/aromatic N) is 1. The molecule has 1 unspecified atom stereocenters. The molecule has 1 amide bonds. The Morgan fingerprint density at radius 2 is 2.05 bits per heavy atom. The van der Waals surface area contributed by atoms with Gasteiger partial charge in [-0.15, -0.1) is 0 Å². The number of amides is 1. The van der Waals surface area contributed by atoms with Crippen LogP contribution in [0.3, 0.4) is 0 Å². The van der Waals surface area contributed by atoms with Crippen LogP contribution in [-0.4, -0.2) is 18.6 Å². The van der Waals surface area contributed by atoms with Crippen molar-refractivity contribution in [2.45, 2.75) is 39.2 Å². The van der Waals surface area contributed by atoms with Crippen LogP contribution in [0.1, 0.15) is 43.5 Å². The fourth-order valence-electron chi connectivity index (χ4n) is 1.50. The molecule has 0 aromatic heterocycles. The number of nitrogens with one attached hydrogen (secondary N) is 1. The number of carbonyl (C=O) groups excluding carboxylic acids is 1. The van der Waals surface area contributed by atoms with E-state index in [1.54, 1.807) is 24.3 Å². The number of hydrogen-bond acceptors (Lipinski definition) is 3. The summed E-state index contributed by atoms with van der Waals surface area (Å²) in [7, 11) is 0. The van der Waals surface area contributed by atoms with Gasteiger partial charge in [0.25, 0.3) is 5.91 Å². The highest BCUT2D eigenvalue weighted by Crippen LogP contribution is 2.13. The lowest BCUT2D eigenvalue weighted by atomic mass is 10.1. The normalized spacial score (nSPS) is 11.4. The molecule has 0 radical (unpaired) electrons. The van der Waals surface area contributed by atoms with Crippen LogP contribution in [0.15, 0.2) is 24.3 Å². The largest absolute Gasteiger partial charge is 0.494 e. The highest BCUT2D eigenvalue weighted by Gasteiger charge is 2.10. The van der Waals surface area contributed by atoms with E-state index in [0.29, 0.717) is 18.6 Å². The maximum absolute atomic E-state index is 11.8. The van der Waals surface area contributed by atoms with E-state index in [0.717, 1.165) is 18.6 Å². The smallest absolute Gasteiger partial charge is 0.252 e. The molecule has 0 aliphatic rings. The van der Waals surface area contributed by atoms with Crippen LogP contribution in [0.4, 0.5) is 0 Å². The van der Waals surface area contributed by atoms with Crippen LogP contribution >= 0.6 is 0 Å². The zero-order chi connectivity index (χ0) is 14.1. The monoisotopic (exact) mass is 260 g/mol. The minimum Gasteiger partial charge on any atom is -0.494 e.